The lowest BCUT2D eigenvalue weighted by Gasteiger charge is -2.25. The number of benzene rings is 1. The molecule has 0 aliphatic heterocycles. The van der Waals surface area contributed by atoms with Crippen molar-refractivity contribution in [2.75, 3.05) is 13.7 Å². The van der Waals surface area contributed by atoms with Crippen LogP contribution >= 0.6 is 0 Å². The van der Waals surface area contributed by atoms with Gasteiger partial charge < -0.3 is 5.11 Å². The molecular weight excluding hydrogens is 298 g/mol. The molecule has 0 aromatic heterocycles. The van der Waals surface area contributed by atoms with Gasteiger partial charge in [0.15, 0.2) is 0 Å². The topological polar surface area (TPSA) is 66.4 Å². The molecular formula is C17H25NO3S. The summed E-state index contributed by atoms with van der Waals surface area (Å²) in [5.41, 5.74) is 0.949. The van der Waals surface area contributed by atoms with Crippen LogP contribution in [0.3, 0.4) is 0 Å². The largest absolute Gasteiger partial charge is 0.395 e. The second kappa shape index (κ2) is 5.95. The van der Waals surface area contributed by atoms with Crippen LogP contribution in [0.25, 0.3) is 0 Å². The fourth-order valence-electron chi connectivity index (χ4n) is 4.18. The number of hydrogen-bond donors (Lipinski definition) is 2. The maximum atomic E-state index is 11.8. The summed E-state index contributed by atoms with van der Waals surface area (Å²) in [6.07, 6.45) is 7.54. The predicted octanol–water partition coefficient (Wildman–Crippen LogP) is 2.43. The highest BCUT2D eigenvalue weighted by Crippen LogP contribution is 2.60. The number of rotatable bonds is 5. The molecule has 22 heavy (non-hydrogen) atoms. The van der Waals surface area contributed by atoms with E-state index in [4.69, 9.17) is 0 Å². The minimum absolute atomic E-state index is 0.135. The molecule has 4 nitrogen and oxygen atoms in total. The average Bonchev–Trinajstić information content (AvgIpc) is 3.32. The summed E-state index contributed by atoms with van der Waals surface area (Å²) >= 11 is 0. The van der Waals surface area contributed by atoms with Gasteiger partial charge in [-0.15, -0.1) is 0 Å². The molecule has 2 atom stereocenters. The molecule has 2 N–H and O–H groups in total. The van der Waals surface area contributed by atoms with E-state index >= 15 is 0 Å². The van der Waals surface area contributed by atoms with Gasteiger partial charge in [-0.25, -0.2) is 13.1 Å². The summed E-state index contributed by atoms with van der Waals surface area (Å²) in [6.45, 7) is 0.159. The van der Waals surface area contributed by atoms with Crippen LogP contribution in [0.1, 0.15) is 44.1 Å². The number of hydrogen-bond acceptors (Lipinski definition) is 3. The van der Waals surface area contributed by atoms with Crippen molar-refractivity contribution in [3.05, 3.63) is 29.8 Å². The molecule has 1 aromatic carbocycles. The van der Waals surface area contributed by atoms with E-state index in [0.717, 1.165) is 17.9 Å². The summed E-state index contributed by atoms with van der Waals surface area (Å²) in [6, 6.07) is 7.05. The fraction of sp³-hybridized carbons (Fsp3) is 0.647. The number of nitrogens with one attached hydrogen (secondary N) is 1. The smallest absolute Gasteiger partial charge is 0.240 e. The number of aliphatic hydroxyl groups excluding tert-OH is 1. The Morgan fingerprint density at radius 3 is 2.36 bits per heavy atom. The van der Waals surface area contributed by atoms with Crippen LogP contribution < -0.4 is 4.72 Å². The van der Waals surface area contributed by atoms with Gasteiger partial charge in [-0.05, 0) is 43.0 Å². The van der Waals surface area contributed by atoms with Crippen LogP contribution in [0.4, 0.5) is 0 Å². The van der Waals surface area contributed by atoms with Gasteiger partial charge >= 0.3 is 0 Å². The normalized spacial score (nSPS) is 29.5. The zero-order valence-corrected chi connectivity index (χ0v) is 13.9. The SMILES string of the molecule is CNS(=O)(=O)c1ccc(C2(CO)CC2C2CCCCC2)cc1. The minimum Gasteiger partial charge on any atom is -0.395 e. The van der Waals surface area contributed by atoms with Crippen molar-refractivity contribution < 1.29 is 13.5 Å². The third-order valence-corrected chi connectivity index (χ3v) is 7.07. The number of aliphatic hydroxyl groups is 1. The zero-order chi connectivity index (χ0) is 15.8. The van der Waals surface area contributed by atoms with Crippen molar-refractivity contribution in [1.82, 2.24) is 4.72 Å². The van der Waals surface area contributed by atoms with Crippen LogP contribution in [-0.4, -0.2) is 27.2 Å². The molecule has 122 valence electrons. The van der Waals surface area contributed by atoms with Gasteiger partial charge in [0, 0.05) is 5.41 Å². The van der Waals surface area contributed by atoms with Crippen molar-refractivity contribution in [3.8, 4) is 0 Å². The standard InChI is InChI=1S/C17H25NO3S/c1-18-22(20,21)15-9-7-14(8-10-15)17(12-19)11-16(17)13-5-3-2-4-6-13/h7-10,13,16,18-19H,2-6,11-12H2,1H3. The highest BCUT2D eigenvalue weighted by molar-refractivity contribution is 7.89. The highest BCUT2D eigenvalue weighted by Gasteiger charge is 2.57. The van der Waals surface area contributed by atoms with Crippen LogP contribution in [0.5, 0.6) is 0 Å². The zero-order valence-electron chi connectivity index (χ0n) is 13.1. The summed E-state index contributed by atoms with van der Waals surface area (Å²) in [5, 5.41) is 9.96. The first kappa shape index (κ1) is 16.0. The van der Waals surface area contributed by atoms with Crippen molar-refractivity contribution in [2.45, 2.75) is 48.8 Å². The lowest BCUT2D eigenvalue weighted by Crippen LogP contribution is -2.22. The molecule has 0 amide bonds. The molecule has 2 fully saturated rings. The number of sulfonamides is 1. The third-order valence-electron chi connectivity index (χ3n) is 5.64. The first-order chi connectivity index (χ1) is 10.5. The van der Waals surface area contributed by atoms with E-state index in [1.807, 2.05) is 12.1 Å². The van der Waals surface area contributed by atoms with Crippen molar-refractivity contribution in [2.24, 2.45) is 11.8 Å². The van der Waals surface area contributed by atoms with Gasteiger partial charge in [-0.2, -0.15) is 0 Å². The van der Waals surface area contributed by atoms with Gasteiger partial charge in [0.05, 0.1) is 11.5 Å². The van der Waals surface area contributed by atoms with Gasteiger partial charge in [0.2, 0.25) is 10.0 Å². The van der Waals surface area contributed by atoms with Crippen molar-refractivity contribution in [1.29, 1.82) is 0 Å². The molecule has 3 rings (SSSR count). The Hall–Kier alpha value is -0.910. The molecule has 0 heterocycles. The first-order valence-electron chi connectivity index (χ1n) is 8.18. The third kappa shape index (κ3) is 2.70. The van der Waals surface area contributed by atoms with E-state index in [1.54, 1.807) is 12.1 Å². The summed E-state index contributed by atoms with van der Waals surface area (Å²) in [4.78, 5) is 0.279. The van der Waals surface area contributed by atoms with E-state index in [0.29, 0.717) is 5.92 Å². The van der Waals surface area contributed by atoms with E-state index in [-0.39, 0.29) is 16.9 Å². The first-order valence-corrected chi connectivity index (χ1v) is 9.67. The molecule has 0 radical (unpaired) electrons. The van der Waals surface area contributed by atoms with Crippen LogP contribution in [0, 0.1) is 11.8 Å². The quantitative estimate of drug-likeness (QED) is 0.874. The summed E-state index contributed by atoms with van der Waals surface area (Å²) in [7, 11) is -1.98. The summed E-state index contributed by atoms with van der Waals surface area (Å²) < 4.78 is 25.9. The van der Waals surface area contributed by atoms with E-state index < -0.39 is 10.0 Å². The Labute approximate surface area is 133 Å². The molecule has 2 unspecified atom stereocenters. The fourth-order valence-corrected chi connectivity index (χ4v) is 4.91. The van der Waals surface area contributed by atoms with E-state index in [2.05, 4.69) is 4.72 Å². The van der Waals surface area contributed by atoms with Crippen LogP contribution in [0.2, 0.25) is 0 Å². The van der Waals surface area contributed by atoms with Gasteiger partial charge in [-0.1, -0.05) is 44.2 Å². The minimum atomic E-state index is -3.39. The molecule has 2 aliphatic carbocycles. The Bertz CT molecular complexity index is 620. The average molecular weight is 323 g/mol. The van der Waals surface area contributed by atoms with Gasteiger partial charge in [0.1, 0.15) is 0 Å². The Morgan fingerprint density at radius 1 is 1.18 bits per heavy atom. The Balaban J connectivity index is 1.80. The van der Waals surface area contributed by atoms with E-state index in [1.165, 1.54) is 39.2 Å². The van der Waals surface area contributed by atoms with Gasteiger partial charge in [0.25, 0.3) is 0 Å². The van der Waals surface area contributed by atoms with Crippen LogP contribution in [0.15, 0.2) is 29.2 Å². The van der Waals surface area contributed by atoms with Crippen molar-refractivity contribution >= 4 is 10.0 Å². The van der Waals surface area contributed by atoms with Gasteiger partial charge in [-0.3, -0.25) is 0 Å². The summed E-state index contributed by atoms with van der Waals surface area (Å²) in [5.74, 6) is 1.28. The van der Waals surface area contributed by atoms with Crippen LogP contribution in [-0.2, 0) is 15.4 Å². The molecule has 2 saturated carbocycles. The molecule has 0 spiro atoms. The van der Waals surface area contributed by atoms with Crippen molar-refractivity contribution in [3.63, 3.8) is 0 Å². The molecule has 0 saturated heterocycles. The molecule has 5 heteroatoms. The maximum absolute atomic E-state index is 11.8. The predicted molar refractivity (Wildman–Crippen MR) is 86.1 cm³/mol. The highest BCUT2D eigenvalue weighted by atomic mass is 32.2. The lowest BCUT2D eigenvalue weighted by molar-refractivity contribution is 0.218. The van der Waals surface area contributed by atoms with E-state index in [9.17, 15) is 13.5 Å². The lowest BCUT2D eigenvalue weighted by atomic mass is 9.81. The monoisotopic (exact) mass is 323 g/mol. The Morgan fingerprint density at radius 2 is 1.82 bits per heavy atom. The molecule has 0 bridgehead atoms. The Kier molecular flexibility index (Phi) is 4.32. The second-order valence-corrected chi connectivity index (χ2v) is 8.64. The molecule has 2 aliphatic rings. The second-order valence-electron chi connectivity index (χ2n) is 6.75. The maximum Gasteiger partial charge on any atom is 0.240 e. The molecule has 1 aromatic rings.